The summed E-state index contributed by atoms with van der Waals surface area (Å²) in [6.07, 6.45) is 1.41. The monoisotopic (exact) mass is 430 g/mol. The number of urea groups is 1. The van der Waals surface area contributed by atoms with Crippen LogP contribution in [0.25, 0.3) is 0 Å². The summed E-state index contributed by atoms with van der Waals surface area (Å²) in [6.45, 7) is 1.63. The van der Waals surface area contributed by atoms with Crippen LogP contribution in [0.4, 0.5) is 4.79 Å². The van der Waals surface area contributed by atoms with Crippen LogP contribution in [-0.2, 0) is 16.6 Å². The summed E-state index contributed by atoms with van der Waals surface area (Å²) >= 11 is 6.28. The summed E-state index contributed by atoms with van der Waals surface area (Å²) in [5, 5.41) is 17.0. The number of aliphatic hydroxyl groups excluding tert-OH is 1. The highest BCUT2D eigenvalue weighted by Crippen LogP contribution is 2.40. The van der Waals surface area contributed by atoms with Crippen molar-refractivity contribution in [3.63, 3.8) is 0 Å². The summed E-state index contributed by atoms with van der Waals surface area (Å²) in [4.78, 5) is 12.8. The second kappa shape index (κ2) is 8.84. The molecule has 3 N–H and O–H groups in total. The van der Waals surface area contributed by atoms with E-state index in [1.165, 1.54) is 0 Å². The maximum Gasteiger partial charge on any atom is 0.315 e. The van der Waals surface area contributed by atoms with E-state index < -0.39 is 12.1 Å². The number of ether oxygens (including phenoxy) is 2. The number of carbonyl (C=O) groups is 1. The summed E-state index contributed by atoms with van der Waals surface area (Å²) in [5.74, 6) is 0.753. The Morgan fingerprint density at radius 2 is 2.03 bits per heavy atom. The van der Waals surface area contributed by atoms with E-state index >= 15 is 0 Å². The zero-order valence-electron chi connectivity index (χ0n) is 17.0. The summed E-state index contributed by atoms with van der Waals surface area (Å²) in [7, 11) is 1.64. The molecule has 0 saturated carbocycles. The minimum Gasteiger partial charge on any atom is -0.496 e. The molecule has 2 aliphatic rings. The average Bonchev–Trinajstić information content (AvgIpc) is 3.08. The second-order valence-electron chi connectivity index (χ2n) is 8.01. The van der Waals surface area contributed by atoms with Gasteiger partial charge in [-0.1, -0.05) is 35.9 Å². The van der Waals surface area contributed by atoms with E-state index in [-0.39, 0.29) is 11.4 Å². The number of amides is 2. The summed E-state index contributed by atoms with van der Waals surface area (Å²) in [5.41, 5.74) is 2.68. The van der Waals surface area contributed by atoms with Gasteiger partial charge in [-0.3, -0.25) is 0 Å². The lowest BCUT2D eigenvalue weighted by atomic mass is 9.73. The molecule has 0 bridgehead atoms. The Labute approximate surface area is 181 Å². The maximum absolute atomic E-state index is 12.8. The van der Waals surface area contributed by atoms with E-state index in [0.717, 1.165) is 35.3 Å². The molecule has 160 valence electrons. The lowest BCUT2D eigenvalue weighted by Gasteiger charge is -2.38. The molecular formula is C23H27ClN2O4. The highest BCUT2D eigenvalue weighted by Gasteiger charge is 2.38. The van der Waals surface area contributed by atoms with Crippen LogP contribution in [0.15, 0.2) is 42.5 Å². The molecule has 1 fully saturated rings. The molecule has 4 rings (SSSR count). The average molecular weight is 431 g/mol. The zero-order valence-corrected chi connectivity index (χ0v) is 17.7. The molecule has 1 saturated heterocycles. The Balaban J connectivity index is 1.50. The van der Waals surface area contributed by atoms with Gasteiger partial charge in [-0.25, -0.2) is 4.79 Å². The number of carbonyl (C=O) groups excluding carboxylic acids is 1. The Hall–Kier alpha value is -2.28. The molecule has 0 aromatic heterocycles. The third kappa shape index (κ3) is 4.13. The third-order valence-corrected chi connectivity index (χ3v) is 6.50. The van der Waals surface area contributed by atoms with Gasteiger partial charge in [0.15, 0.2) is 0 Å². The van der Waals surface area contributed by atoms with Crippen LogP contribution in [0.2, 0.25) is 5.02 Å². The Kier molecular flexibility index (Phi) is 6.18. The van der Waals surface area contributed by atoms with E-state index in [1.807, 2.05) is 36.4 Å². The van der Waals surface area contributed by atoms with Gasteiger partial charge < -0.3 is 25.2 Å². The van der Waals surface area contributed by atoms with E-state index in [9.17, 15) is 9.90 Å². The largest absolute Gasteiger partial charge is 0.496 e. The van der Waals surface area contributed by atoms with Crippen molar-refractivity contribution in [3.8, 4) is 5.75 Å². The predicted molar refractivity (Wildman–Crippen MR) is 115 cm³/mol. The highest BCUT2D eigenvalue weighted by atomic mass is 35.5. The fourth-order valence-electron chi connectivity index (χ4n) is 4.59. The fourth-order valence-corrected chi connectivity index (χ4v) is 4.76. The number of benzene rings is 2. The second-order valence-corrected chi connectivity index (χ2v) is 8.45. The van der Waals surface area contributed by atoms with Gasteiger partial charge in [0.2, 0.25) is 0 Å². The molecule has 7 heteroatoms. The minimum atomic E-state index is -0.627. The van der Waals surface area contributed by atoms with Gasteiger partial charge in [0.25, 0.3) is 0 Å². The first-order chi connectivity index (χ1) is 14.5. The van der Waals surface area contributed by atoms with Crippen LogP contribution in [-0.4, -0.2) is 44.1 Å². The van der Waals surface area contributed by atoms with Gasteiger partial charge in [-0.2, -0.15) is 0 Å². The molecule has 2 amide bonds. The van der Waals surface area contributed by atoms with Gasteiger partial charge in [-0.15, -0.1) is 0 Å². The van der Waals surface area contributed by atoms with Crippen LogP contribution in [0, 0.1) is 0 Å². The van der Waals surface area contributed by atoms with Crippen molar-refractivity contribution in [2.75, 3.05) is 26.9 Å². The van der Waals surface area contributed by atoms with E-state index in [4.69, 9.17) is 21.1 Å². The standard InChI is InChI=1S/C23H27ClN2O4/c1-29-20-7-6-16(24)13-18(20)23(8-10-30-11-9-23)14-25-22(28)26-21-17-5-3-2-4-15(17)12-19(21)27/h2-7,13,19,21,27H,8-12,14H2,1H3,(H2,25,26,28)/t19-,21+/m1/s1. The summed E-state index contributed by atoms with van der Waals surface area (Å²) in [6, 6.07) is 12.7. The first-order valence-corrected chi connectivity index (χ1v) is 10.6. The quantitative estimate of drug-likeness (QED) is 0.679. The molecule has 1 aliphatic carbocycles. The molecule has 1 aliphatic heterocycles. The number of aliphatic hydroxyl groups is 1. The molecule has 0 unspecified atom stereocenters. The van der Waals surface area contributed by atoms with Crippen molar-refractivity contribution in [1.82, 2.24) is 10.6 Å². The van der Waals surface area contributed by atoms with Gasteiger partial charge in [0, 0.05) is 42.2 Å². The van der Waals surface area contributed by atoms with Gasteiger partial charge in [-0.05, 0) is 42.2 Å². The number of hydrogen-bond acceptors (Lipinski definition) is 4. The minimum absolute atomic E-state index is 0.303. The van der Waals surface area contributed by atoms with Crippen LogP contribution in [0.3, 0.4) is 0 Å². The van der Waals surface area contributed by atoms with Gasteiger partial charge in [0.1, 0.15) is 5.75 Å². The number of rotatable bonds is 5. The van der Waals surface area contributed by atoms with Crippen molar-refractivity contribution in [1.29, 1.82) is 0 Å². The normalized spacial score (nSPS) is 22.2. The predicted octanol–water partition coefficient (Wildman–Crippen LogP) is 3.35. The van der Waals surface area contributed by atoms with Crippen LogP contribution < -0.4 is 15.4 Å². The van der Waals surface area contributed by atoms with Crippen molar-refractivity contribution < 1.29 is 19.4 Å². The number of methoxy groups -OCH3 is 1. The Morgan fingerprint density at radius 1 is 1.27 bits per heavy atom. The molecule has 2 aromatic carbocycles. The van der Waals surface area contributed by atoms with Crippen molar-refractivity contribution in [2.24, 2.45) is 0 Å². The molecule has 2 aromatic rings. The van der Waals surface area contributed by atoms with E-state index in [0.29, 0.717) is 31.2 Å². The number of nitrogens with one attached hydrogen (secondary N) is 2. The van der Waals surface area contributed by atoms with E-state index in [2.05, 4.69) is 10.6 Å². The van der Waals surface area contributed by atoms with Gasteiger partial charge in [0.05, 0.1) is 19.3 Å². The Morgan fingerprint density at radius 3 is 2.80 bits per heavy atom. The highest BCUT2D eigenvalue weighted by molar-refractivity contribution is 6.30. The summed E-state index contributed by atoms with van der Waals surface area (Å²) < 4.78 is 11.2. The van der Waals surface area contributed by atoms with Crippen LogP contribution in [0.1, 0.15) is 35.6 Å². The third-order valence-electron chi connectivity index (χ3n) is 6.26. The molecule has 2 atom stereocenters. The fraction of sp³-hybridized carbons (Fsp3) is 0.435. The van der Waals surface area contributed by atoms with Crippen molar-refractivity contribution >= 4 is 17.6 Å². The SMILES string of the molecule is COc1ccc(Cl)cc1C1(CNC(=O)N[C@H]2c3ccccc3C[C@H]2O)CCOCC1. The molecule has 0 radical (unpaired) electrons. The topological polar surface area (TPSA) is 79.8 Å². The molecule has 1 heterocycles. The Bertz CT molecular complexity index is 914. The van der Waals surface area contributed by atoms with Crippen LogP contribution in [0.5, 0.6) is 5.75 Å². The van der Waals surface area contributed by atoms with Crippen LogP contribution >= 0.6 is 11.6 Å². The molecule has 0 spiro atoms. The molecule has 6 nitrogen and oxygen atoms in total. The number of hydrogen-bond donors (Lipinski definition) is 3. The maximum atomic E-state index is 12.8. The number of halogens is 1. The first kappa shape index (κ1) is 21.0. The molecule has 30 heavy (non-hydrogen) atoms. The van der Waals surface area contributed by atoms with Crippen molar-refractivity contribution in [2.45, 2.75) is 36.8 Å². The lowest BCUT2D eigenvalue weighted by molar-refractivity contribution is 0.0497. The smallest absolute Gasteiger partial charge is 0.315 e. The first-order valence-electron chi connectivity index (χ1n) is 10.2. The number of fused-ring (bicyclic) bond motifs is 1. The lowest BCUT2D eigenvalue weighted by Crippen LogP contribution is -2.48. The van der Waals surface area contributed by atoms with Crippen molar-refractivity contribution in [3.05, 3.63) is 64.2 Å². The zero-order chi connectivity index (χ0) is 21.1. The molecular weight excluding hydrogens is 404 g/mol. The van der Waals surface area contributed by atoms with E-state index in [1.54, 1.807) is 13.2 Å². The van der Waals surface area contributed by atoms with Gasteiger partial charge >= 0.3 is 6.03 Å².